The third-order valence-corrected chi connectivity index (χ3v) is 4.53. The fourth-order valence-electron chi connectivity index (χ4n) is 2.90. The Balaban J connectivity index is -0.0000000594. The summed E-state index contributed by atoms with van der Waals surface area (Å²) < 4.78 is 9.24. The molecule has 0 heterocycles. The van der Waals surface area contributed by atoms with Crippen LogP contribution in [0, 0.1) is 10.8 Å². The molecule has 0 aliphatic heterocycles. The molecule has 0 atom stereocenters. The van der Waals surface area contributed by atoms with Gasteiger partial charge in [0.2, 0.25) is 0 Å². The Bertz CT molecular complexity index is 636. The number of hydrogen-bond acceptors (Lipinski definition) is 16. The molecule has 0 bridgehead atoms. The molecule has 2 saturated carbocycles. The molecule has 0 aromatic carbocycles. The van der Waals surface area contributed by atoms with Crippen LogP contribution in [0.4, 0.5) is 0 Å². The minimum Gasteiger partial charge on any atom is -0.549 e. The Morgan fingerprint density at radius 3 is 0.833 bits per heavy atom. The zero-order valence-electron chi connectivity index (χ0n) is 19.3. The van der Waals surface area contributed by atoms with Gasteiger partial charge >= 0.3 is 54.1 Å². The van der Waals surface area contributed by atoms with Crippen molar-refractivity contribution in [3.8, 4) is 0 Å². The SMILES string of the molecule is CC(=O)OC1CC(C(=O)[O-])(C(=O)[O-])C1.CC(=O)OC1CC(C(=O)[O-])(C(=O)[O-])C1.N.N.N.N.O.O.[Pt+2].[Pt+2]. The van der Waals surface area contributed by atoms with Gasteiger partial charge in [-0.25, -0.2) is 0 Å². The number of rotatable bonds is 6. The molecule has 0 spiro atoms. The van der Waals surface area contributed by atoms with Gasteiger partial charge in [-0.05, 0) is 0 Å². The first-order chi connectivity index (χ1) is 12.8. The summed E-state index contributed by atoms with van der Waals surface area (Å²) in [5.74, 6) is -7.91. The van der Waals surface area contributed by atoms with Gasteiger partial charge in [-0.3, -0.25) is 9.59 Å². The van der Waals surface area contributed by atoms with Crippen LogP contribution in [0.25, 0.3) is 0 Å². The molecule has 0 amide bonds. The molecular weight excluding hydrogens is 862 g/mol. The topological polar surface area (TPSA) is 416 Å². The minimum absolute atomic E-state index is 0. The van der Waals surface area contributed by atoms with E-state index in [0.717, 1.165) is 13.8 Å². The summed E-state index contributed by atoms with van der Waals surface area (Å²) in [6, 6.07) is 0. The Morgan fingerprint density at radius 1 is 0.556 bits per heavy atom. The Kier molecular flexibility index (Phi) is 32.1. The first kappa shape index (κ1) is 54.7. The summed E-state index contributed by atoms with van der Waals surface area (Å²) in [4.78, 5) is 62.9. The molecule has 0 aromatic heterocycles. The van der Waals surface area contributed by atoms with Crippen LogP contribution in [0.1, 0.15) is 39.5 Å². The summed E-state index contributed by atoms with van der Waals surface area (Å²) in [5.41, 5.74) is -3.97. The number of hydrogen-bond donors (Lipinski definition) is 4. The zero-order valence-corrected chi connectivity index (χ0v) is 23.9. The van der Waals surface area contributed by atoms with Crippen LogP contribution in [0.15, 0.2) is 0 Å². The van der Waals surface area contributed by atoms with Crippen LogP contribution in [-0.2, 0) is 80.4 Å². The molecule has 2 fully saturated rings. The summed E-state index contributed by atoms with van der Waals surface area (Å²) in [5, 5.41) is 42.0. The van der Waals surface area contributed by atoms with Crippen molar-refractivity contribution in [2.45, 2.75) is 51.7 Å². The van der Waals surface area contributed by atoms with E-state index in [1.165, 1.54) is 0 Å². The monoisotopic (exact) mass is 894 g/mol. The van der Waals surface area contributed by atoms with Gasteiger partial charge in [0, 0.05) is 39.5 Å². The number of carboxylic acids is 4. The van der Waals surface area contributed by atoms with Crippen molar-refractivity contribution >= 4 is 35.8 Å². The van der Waals surface area contributed by atoms with E-state index in [-0.39, 0.29) is 103 Å². The van der Waals surface area contributed by atoms with E-state index < -0.39 is 58.9 Å². The molecule has 0 unspecified atom stereocenters. The first-order valence-electron chi connectivity index (χ1n) is 7.97. The first-order valence-corrected chi connectivity index (χ1v) is 7.97. The molecule has 0 aromatic rings. The summed E-state index contributed by atoms with van der Waals surface area (Å²) in [6.45, 7) is 2.33. The average Bonchev–Trinajstić information content (AvgIpc) is 2.44. The number of aliphatic carboxylic acids is 4. The standard InChI is InChI=1S/2C8H10O6.4H3N.2H2O.2Pt/c2*1-4(9)14-5-2-8(3-5,6(10)11)7(12)13;;;;;;;;/h2*5H,2-3H2,1H3,(H,10,11)(H,12,13);4*1H3;2*1H2;;/q;;;;;;;;2*+2/p-4. The van der Waals surface area contributed by atoms with Crippen molar-refractivity contribution in [2.24, 2.45) is 10.8 Å². The van der Waals surface area contributed by atoms with E-state index in [9.17, 15) is 49.2 Å². The molecule has 18 nitrogen and oxygen atoms in total. The zero-order chi connectivity index (χ0) is 21.9. The van der Waals surface area contributed by atoms with Crippen molar-refractivity contribution in [1.82, 2.24) is 24.6 Å². The van der Waals surface area contributed by atoms with Crippen molar-refractivity contribution in [2.75, 3.05) is 0 Å². The second-order valence-electron chi connectivity index (χ2n) is 6.59. The molecule has 220 valence electrons. The molecule has 2 aliphatic rings. The van der Waals surface area contributed by atoms with Gasteiger partial charge in [-0.2, -0.15) is 0 Å². The van der Waals surface area contributed by atoms with Gasteiger partial charge in [-0.15, -0.1) is 0 Å². The van der Waals surface area contributed by atoms with E-state index in [1.807, 2.05) is 0 Å². The number of esters is 2. The second-order valence-corrected chi connectivity index (χ2v) is 6.59. The van der Waals surface area contributed by atoms with Crippen molar-refractivity contribution in [3.05, 3.63) is 0 Å². The van der Waals surface area contributed by atoms with E-state index >= 15 is 0 Å². The van der Waals surface area contributed by atoms with Gasteiger partial charge in [0.1, 0.15) is 12.2 Å². The molecule has 0 saturated heterocycles. The van der Waals surface area contributed by atoms with Crippen LogP contribution in [0.3, 0.4) is 0 Å². The third-order valence-electron chi connectivity index (χ3n) is 4.53. The molecule has 16 N–H and O–H groups in total. The predicted octanol–water partition coefficient (Wildman–Crippen LogP) is -6.61. The second kappa shape index (κ2) is 21.1. The number of carbonyl (C=O) groups excluding carboxylic acids is 6. The maximum absolute atomic E-state index is 10.5. The quantitative estimate of drug-likeness (QED) is 0.142. The van der Waals surface area contributed by atoms with E-state index in [1.54, 1.807) is 0 Å². The van der Waals surface area contributed by atoms with Gasteiger partial charge in [-0.1, -0.05) is 0 Å². The van der Waals surface area contributed by atoms with Crippen molar-refractivity contribution < 1.29 is 112 Å². The Labute approximate surface area is 234 Å². The van der Waals surface area contributed by atoms with Crippen LogP contribution >= 0.6 is 0 Å². The van der Waals surface area contributed by atoms with Gasteiger partial charge < -0.3 is 84.6 Å². The number of carboxylic acid groups (broad SMARTS) is 4. The van der Waals surface area contributed by atoms with Crippen molar-refractivity contribution in [1.29, 1.82) is 0 Å². The molecule has 0 radical (unpaired) electrons. The Morgan fingerprint density at radius 2 is 0.722 bits per heavy atom. The summed E-state index contributed by atoms with van der Waals surface area (Å²) in [6.07, 6.45) is -2.45. The molecule has 36 heavy (non-hydrogen) atoms. The van der Waals surface area contributed by atoms with Crippen molar-refractivity contribution in [3.63, 3.8) is 0 Å². The van der Waals surface area contributed by atoms with Crippen LogP contribution in [0.2, 0.25) is 0 Å². The number of carbonyl (C=O) groups is 6. The van der Waals surface area contributed by atoms with E-state index in [2.05, 4.69) is 9.47 Å². The largest absolute Gasteiger partial charge is 2.00 e. The van der Waals surface area contributed by atoms with Crippen LogP contribution in [0.5, 0.6) is 0 Å². The minimum atomic E-state index is -1.99. The number of ether oxygens (including phenoxy) is 2. The summed E-state index contributed by atoms with van der Waals surface area (Å²) in [7, 11) is 0. The fourth-order valence-corrected chi connectivity index (χ4v) is 2.90. The van der Waals surface area contributed by atoms with Gasteiger partial charge in [0.25, 0.3) is 0 Å². The smallest absolute Gasteiger partial charge is 0.549 e. The van der Waals surface area contributed by atoms with E-state index in [4.69, 9.17) is 0 Å². The molecule has 2 aliphatic carbocycles. The molecule has 2 rings (SSSR count). The Hall–Kier alpha value is -2.04. The fraction of sp³-hybridized carbons (Fsp3) is 0.625. The molecule has 20 heteroatoms. The van der Waals surface area contributed by atoms with Gasteiger partial charge in [0.05, 0.1) is 34.7 Å². The predicted molar refractivity (Wildman–Crippen MR) is 102 cm³/mol. The van der Waals surface area contributed by atoms with Gasteiger partial charge in [0.15, 0.2) is 0 Å². The van der Waals surface area contributed by atoms with Crippen LogP contribution < -0.4 is 45.0 Å². The van der Waals surface area contributed by atoms with Crippen LogP contribution in [-0.4, -0.2) is 59.0 Å². The molecular formula is C16H32N4O14Pt2. The third kappa shape index (κ3) is 12.3. The maximum Gasteiger partial charge on any atom is 2.00 e. The van der Waals surface area contributed by atoms with E-state index in [0.29, 0.717) is 0 Å². The average molecular weight is 895 g/mol. The maximum atomic E-state index is 10.5. The summed E-state index contributed by atoms with van der Waals surface area (Å²) >= 11 is 0. The normalized spacial score (nSPS) is 15.2.